The van der Waals surface area contributed by atoms with Gasteiger partial charge in [-0.15, -0.1) is 6.42 Å². The second-order valence-corrected chi connectivity index (χ2v) is 5.45. The van der Waals surface area contributed by atoms with E-state index in [0.717, 1.165) is 18.2 Å². The number of halogens is 6. The van der Waals surface area contributed by atoms with Gasteiger partial charge in [-0.2, -0.15) is 22.0 Å². The van der Waals surface area contributed by atoms with Crippen LogP contribution in [-0.2, 0) is 0 Å². The molecule has 0 radical (unpaired) electrons. The van der Waals surface area contributed by atoms with Crippen molar-refractivity contribution in [2.45, 2.75) is 31.5 Å². The zero-order chi connectivity index (χ0) is 18.8. The van der Waals surface area contributed by atoms with E-state index in [1.165, 1.54) is 13.8 Å². The van der Waals surface area contributed by atoms with Gasteiger partial charge in [-0.1, -0.05) is 5.92 Å². The minimum absolute atomic E-state index is 0.170. The lowest BCUT2D eigenvalue weighted by atomic mass is 10.1. The van der Waals surface area contributed by atoms with Gasteiger partial charge in [0.25, 0.3) is 0 Å². The van der Waals surface area contributed by atoms with Gasteiger partial charge in [-0.25, -0.2) is 9.38 Å². The Labute approximate surface area is 134 Å². The average Bonchev–Trinajstić information content (AvgIpc) is 2.44. The van der Waals surface area contributed by atoms with Gasteiger partial charge >= 0.3 is 12.1 Å². The van der Waals surface area contributed by atoms with Gasteiger partial charge in [0, 0.05) is 11.3 Å². The first-order valence-corrected chi connectivity index (χ1v) is 6.60. The smallest absolute Gasteiger partial charge is 0.383 e. The number of nitrogens with zero attached hydrogens (tertiary/aromatic N) is 1. The van der Waals surface area contributed by atoms with Crippen LogP contribution in [0.3, 0.4) is 0 Å². The van der Waals surface area contributed by atoms with Crippen LogP contribution in [0.1, 0.15) is 19.4 Å². The molecule has 0 fully saturated rings. The van der Waals surface area contributed by atoms with Gasteiger partial charge in [-0.05, 0) is 32.0 Å². The Morgan fingerprint density at radius 3 is 2.33 bits per heavy atom. The van der Waals surface area contributed by atoms with Crippen LogP contribution in [0.2, 0.25) is 0 Å². The summed E-state index contributed by atoms with van der Waals surface area (Å²) in [6, 6.07) is 2.74. The molecule has 0 saturated carbocycles. The molecule has 1 rings (SSSR count). The van der Waals surface area contributed by atoms with Crippen molar-refractivity contribution in [2.24, 2.45) is 10.7 Å². The molecule has 0 heterocycles. The van der Waals surface area contributed by atoms with E-state index >= 15 is 0 Å². The van der Waals surface area contributed by atoms with Crippen molar-refractivity contribution in [1.82, 2.24) is 0 Å². The normalized spacial score (nSPS) is 13.5. The number of terminal acetylenes is 1. The highest BCUT2D eigenvalue weighted by atomic mass is 19.4. The molecule has 9 heteroatoms. The number of hydrogen-bond donors (Lipinski definition) is 2. The fourth-order valence-corrected chi connectivity index (χ4v) is 1.58. The summed E-state index contributed by atoms with van der Waals surface area (Å²) in [6.45, 7) is 1.30. The number of rotatable bonds is 5. The van der Waals surface area contributed by atoms with Gasteiger partial charge in [0.05, 0.1) is 6.54 Å². The third-order valence-corrected chi connectivity index (χ3v) is 2.93. The number of alkyl halides is 5. The van der Waals surface area contributed by atoms with Crippen LogP contribution < -0.4 is 11.1 Å². The number of nitrogens with one attached hydrogen (secondary N) is 1. The van der Waals surface area contributed by atoms with Gasteiger partial charge in [0.15, 0.2) is 0 Å². The monoisotopic (exact) mass is 351 g/mol. The van der Waals surface area contributed by atoms with Gasteiger partial charge < -0.3 is 11.1 Å². The van der Waals surface area contributed by atoms with E-state index in [-0.39, 0.29) is 17.1 Å². The molecule has 0 atom stereocenters. The van der Waals surface area contributed by atoms with Gasteiger partial charge in [-0.3, -0.25) is 0 Å². The Morgan fingerprint density at radius 1 is 1.25 bits per heavy atom. The summed E-state index contributed by atoms with van der Waals surface area (Å²) >= 11 is 0. The maximum atomic E-state index is 13.4. The minimum Gasteiger partial charge on any atom is -0.383 e. The summed E-state index contributed by atoms with van der Waals surface area (Å²) in [7, 11) is 0. The predicted molar refractivity (Wildman–Crippen MR) is 79.5 cm³/mol. The fourth-order valence-electron chi connectivity index (χ4n) is 1.58. The minimum atomic E-state index is -5.72. The molecule has 132 valence electrons. The maximum Gasteiger partial charge on any atom is 0.455 e. The summed E-state index contributed by atoms with van der Waals surface area (Å²) in [6.07, 6.45) is -0.479. The van der Waals surface area contributed by atoms with E-state index in [1.807, 2.05) is 5.32 Å². The van der Waals surface area contributed by atoms with Crippen molar-refractivity contribution in [2.75, 3.05) is 11.9 Å². The number of benzene rings is 1. The molecule has 0 saturated heterocycles. The Balaban J connectivity index is 3.17. The molecule has 0 amide bonds. The van der Waals surface area contributed by atoms with Crippen LogP contribution in [0.25, 0.3) is 0 Å². The second kappa shape index (κ2) is 6.63. The first-order chi connectivity index (χ1) is 10.8. The number of nitrogens with two attached hydrogens (primary N) is 1. The van der Waals surface area contributed by atoms with Crippen LogP contribution in [-0.4, -0.2) is 30.0 Å². The lowest BCUT2D eigenvalue weighted by Gasteiger charge is -2.22. The molecule has 1 aromatic rings. The van der Waals surface area contributed by atoms with Crippen LogP contribution in [0.15, 0.2) is 23.2 Å². The molecular weight excluding hydrogens is 336 g/mol. The van der Waals surface area contributed by atoms with Crippen LogP contribution >= 0.6 is 0 Å². The van der Waals surface area contributed by atoms with Crippen molar-refractivity contribution in [3.8, 4) is 12.3 Å². The fraction of sp³-hybridized carbons (Fsp3) is 0.400. The second-order valence-electron chi connectivity index (χ2n) is 5.45. The SMILES string of the molecule is C#CC(C)(C)N=C(N)c1cc(F)ccc1NCC(F)(F)C(F)(F)F. The Hall–Kier alpha value is -2.37. The number of anilines is 1. The summed E-state index contributed by atoms with van der Waals surface area (Å²) in [4.78, 5) is 3.93. The van der Waals surface area contributed by atoms with Crippen molar-refractivity contribution >= 4 is 11.5 Å². The molecule has 0 aliphatic carbocycles. The Morgan fingerprint density at radius 2 is 1.83 bits per heavy atom. The zero-order valence-corrected chi connectivity index (χ0v) is 12.8. The van der Waals surface area contributed by atoms with Crippen molar-refractivity contribution in [3.63, 3.8) is 0 Å². The van der Waals surface area contributed by atoms with Crippen molar-refractivity contribution in [1.29, 1.82) is 0 Å². The molecule has 3 N–H and O–H groups in total. The maximum absolute atomic E-state index is 13.4. The third-order valence-electron chi connectivity index (χ3n) is 2.93. The quantitative estimate of drug-likeness (QED) is 0.369. The largest absolute Gasteiger partial charge is 0.455 e. The molecule has 0 aliphatic heterocycles. The van der Waals surface area contributed by atoms with Crippen LogP contribution in [0.4, 0.5) is 32.0 Å². The van der Waals surface area contributed by atoms with Crippen molar-refractivity contribution in [3.05, 3.63) is 29.6 Å². The first kappa shape index (κ1) is 19.7. The molecule has 0 spiro atoms. The molecule has 1 aromatic carbocycles. The van der Waals surface area contributed by atoms with E-state index < -0.39 is 30.0 Å². The predicted octanol–water partition coefficient (Wildman–Crippen LogP) is 3.55. The highest BCUT2D eigenvalue weighted by Crippen LogP contribution is 2.35. The van der Waals surface area contributed by atoms with Gasteiger partial charge in [0.1, 0.15) is 17.2 Å². The molecule has 0 aliphatic rings. The lowest BCUT2D eigenvalue weighted by molar-refractivity contribution is -0.275. The third kappa shape index (κ3) is 4.81. The summed E-state index contributed by atoms with van der Waals surface area (Å²) < 4.78 is 76.0. The number of aliphatic imine (C=N–C) groups is 1. The summed E-state index contributed by atoms with van der Waals surface area (Å²) in [5.41, 5.74) is 4.23. The standard InChI is InChI=1S/C15H15F6N3/c1-4-13(2,3)24-12(22)10-7-9(16)5-6-11(10)23-8-14(17,18)15(19,20)21/h1,5-7,23H,8H2,2-3H3,(H2,22,24). The lowest BCUT2D eigenvalue weighted by Crippen LogP contribution is -2.42. The number of hydrogen-bond acceptors (Lipinski definition) is 2. The molecule has 0 aromatic heterocycles. The van der Waals surface area contributed by atoms with Crippen molar-refractivity contribution < 1.29 is 26.3 Å². The van der Waals surface area contributed by atoms with E-state index in [1.54, 1.807) is 0 Å². The van der Waals surface area contributed by atoms with E-state index in [9.17, 15) is 26.3 Å². The Bertz CT molecular complexity index is 671. The number of amidine groups is 1. The molecule has 0 unspecified atom stereocenters. The zero-order valence-electron chi connectivity index (χ0n) is 12.8. The van der Waals surface area contributed by atoms with Crippen LogP contribution in [0.5, 0.6) is 0 Å². The highest BCUT2D eigenvalue weighted by Gasteiger charge is 2.57. The Kier molecular flexibility index (Phi) is 5.43. The van der Waals surface area contributed by atoms with E-state index in [0.29, 0.717) is 0 Å². The topological polar surface area (TPSA) is 50.4 Å². The average molecular weight is 351 g/mol. The molecule has 3 nitrogen and oxygen atoms in total. The van der Waals surface area contributed by atoms with Gasteiger partial charge in [0.2, 0.25) is 0 Å². The van der Waals surface area contributed by atoms with E-state index in [2.05, 4.69) is 10.9 Å². The van der Waals surface area contributed by atoms with E-state index in [4.69, 9.17) is 12.2 Å². The molecule has 0 bridgehead atoms. The molecular formula is C15H15F6N3. The summed E-state index contributed by atoms with van der Waals surface area (Å²) in [5, 5.41) is 1.92. The summed E-state index contributed by atoms with van der Waals surface area (Å²) in [5.74, 6) is -3.73. The van der Waals surface area contributed by atoms with Crippen LogP contribution in [0, 0.1) is 18.2 Å². The molecule has 24 heavy (non-hydrogen) atoms. The highest BCUT2D eigenvalue weighted by molar-refractivity contribution is 6.02. The first-order valence-electron chi connectivity index (χ1n) is 6.60.